The molecule has 0 aliphatic rings. The van der Waals surface area contributed by atoms with Gasteiger partial charge in [0, 0.05) is 12.6 Å². The zero-order valence-corrected chi connectivity index (χ0v) is 9.55. The highest BCUT2D eigenvalue weighted by atomic mass is 16.5. The quantitative estimate of drug-likeness (QED) is 0.436. The summed E-state index contributed by atoms with van der Waals surface area (Å²) in [6, 6.07) is 0.543. The molecule has 0 bridgehead atoms. The van der Waals surface area contributed by atoms with Crippen molar-refractivity contribution in [2.45, 2.75) is 52.0 Å². The van der Waals surface area contributed by atoms with E-state index in [0.717, 1.165) is 25.9 Å². The molecule has 0 amide bonds. The molecule has 0 aromatic heterocycles. The number of hydrogen-bond acceptors (Lipinski definition) is 2. The van der Waals surface area contributed by atoms with E-state index in [2.05, 4.69) is 19.2 Å². The number of nitrogens with one attached hydrogen (secondary N) is 1. The lowest BCUT2D eigenvalue weighted by Crippen LogP contribution is -2.28. The Hall–Kier alpha value is -0.120. The molecule has 14 heavy (non-hydrogen) atoms. The Kier molecular flexibility index (Phi) is 10.9. The molecule has 3 nitrogen and oxygen atoms in total. The summed E-state index contributed by atoms with van der Waals surface area (Å²) in [7, 11) is 0. The van der Waals surface area contributed by atoms with E-state index in [1.54, 1.807) is 0 Å². The molecular weight excluding hydrogens is 178 g/mol. The van der Waals surface area contributed by atoms with Gasteiger partial charge in [0.05, 0.1) is 13.3 Å². The minimum absolute atomic E-state index is 0.0474. The first-order valence-corrected chi connectivity index (χ1v) is 5.70. The molecule has 0 aromatic carbocycles. The van der Waals surface area contributed by atoms with Gasteiger partial charge in [-0.25, -0.2) is 5.11 Å². The predicted molar refractivity (Wildman–Crippen MR) is 57.7 cm³/mol. The van der Waals surface area contributed by atoms with Crippen molar-refractivity contribution in [1.29, 1.82) is 0 Å². The van der Waals surface area contributed by atoms with Gasteiger partial charge < -0.3 is 4.74 Å². The first-order chi connectivity index (χ1) is 6.81. The number of unbranched alkanes of at least 4 members (excludes halogenated alkanes) is 2. The lowest BCUT2D eigenvalue weighted by molar-refractivity contribution is 0.102. The summed E-state index contributed by atoms with van der Waals surface area (Å²) in [5, 5.41) is 13.4. The van der Waals surface area contributed by atoms with Crippen LogP contribution in [-0.2, 0) is 9.84 Å². The lowest BCUT2D eigenvalue weighted by Gasteiger charge is -2.12. The fourth-order valence-electron chi connectivity index (χ4n) is 1.29. The molecule has 0 saturated heterocycles. The van der Waals surface area contributed by atoms with Crippen LogP contribution in [-0.4, -0.2) is 26.0 Å². The predicted octanol–water partition coefficient (Wildman–Crippen LogP) is 2.34. The summed E-state index contributed by atoms with van der Waals surface area (Å²) in [4.78, 5) is 0. The maximum absolute atomic E-state index is 10.1. The molecule has 0 aliphatic carbocycles. The van der Waals surface area contributed by atoms with Gasteiger partial charge in [-0.3, -0.25) is 5.32 Å². The molecule has 1 N–H and O–H groups in total. The minimum atomic E-state index is 0.0474. The Bertz CT molecular complexity index is 109. The van der Waals surface area contributed by atoms with Crippen molar-refractivity contribution in [3.8, 4) is 0 Å². The second kappa shape index (κ2) is 11.0. The van der Waals surface area contributed by atoms with Crippen LogP contribution in [0.1, 0.15) is 46.0 Å². The van der Waals surface area contributed by atoms with Gasteiger partial charge in [-0.2, -0.15) is 0 Å². The highest BCUT2D eigenvalue weighted by Crippen LogP contribution is 1.96. The van der Waals surface area contributed by atoms with E-state index in [0.29, 0.717) is 12.8 Å². The van der Waals surface area contributed by atoms with Crippen LogP contribution in [0.2, 0.25) is 0 Å². The smallest absolute Gasteiger partial charge is 0.0967 e. The average Bonchev–Trinajstić information content (AvgIpc) is 2.17. The van der Waals surface area contributed by atoms with Crippen molar-refractivity contribution in [1.82, 2.24) is 5.32 Å². The van der Waals surface area contributed by atoms with Crippen molar-refractivity contribution < 1.29 is 9.84 Å². The van der Waals surface area contributed by atoms with Crippen LogP contribution in [0.4, 0.5) is 0 Å². The Morgan fingerprint density at radius 3 is 2.71 bits per heavy atom. The summed E-state index contributed by atoms with van der Waals surface area (Å²) in [6.45, 7) is 5.81. The van der Waals surface area contributed by atoms with E-state index in [9.17, 15) is 5.11 Å². The van der Waals surface area contributed by atoms with Crippen molar-refractivity contribution in [2.75, 3.05) is 19.9 Å². The summed E-state index contributed by atoms with van der Waals surface area (Å²) < 4.78 is 5.38. The van der Waals surface area contributed by atoms with E-state index < -0.39 is 0 Å². The number of hydrogen-bond donors (Lipinski definition) is 1. The first kappa shape index (κ1) is 13.9. The third kappa shape index (κ3) is 9.96. The van der Waals surface area contributed by atoms with Gasteiger partial charge in [0.2, 0.25) is 0 Å². The Morgan fingerprint density at radius 1 is 1.29 bits per heavy atom. The van der Waals surface area contributed by atoms with Crippen molar-refractivity contribution in [2.24, 2.45) is 0 Å². The standard InChI is InChI=1S/C11H24NO2/c1-3-7-11(2)12-10-14-9-6-4-5-8-13/h11-12H,3-10H2,1-2H3. The maximum Gasteiger partial charge on any atom is 0.0967 e. The average molecular weight is 202 g/mol. The van der Waals surface area contributed by atoms with E-state index >= 15 is 0 Å². The van der Waals surface area contributed by atoms with Crippen LogP contribution in [0.5, 0.6) is 0 Å². The molecule has 3 heteroatoms. The molecule has 85 valence electrons. The molecule has 1 radical (unpaired) electrons. The molecule has 0 spiro atoms. The minimum Gasteiger partial charge on any atom is -0.366 e. The van der Waals surface area contributed by atoms with Gasteiger partial charge >= 0.3 is 0 Å². The monoisotopic (exact) mass is 202 g/mol. The van der Waals surface area contributed by atoms with Gasteiger partial charge in [-0.1, -0.05) is 13.3 Å². The topological polar surface area (TPSA) is 41.2 Å². The largest absolute Gasteiger partial charge is 0.366 e. The van der Waals surface area contributed by atoms with E-state index in [4.69, 9.17) is 4.74 Å². The summed E-state index contributed by atoms with van der Waals surface area (Å²) >= 11 is 0. The van der Waals surface area contributed by atoms with Crippen molar-refractivity contribution >= 4 is 0 Å². The molecule has 0 heterocycles. The summed E-state index contributed by atoms with van der Waals surface area (Å²) in [6.07, 6.45) is 5.18. The van der Waals surface area contributed by atoms with E-state index in [1.165, 1.54) is 12.8 Å². The fraction of sp³-hybridized carbons (Fsp3) is 1.00. The highest BCUT2D eigenvalue weighted by molar-refractivity contribution is 4.55. The molecule has 1 unspecified atom stereocenters. The Labute approximate surface area is 87.8 Å². The van der Waals surface area contributed by atoms with Crippen LogP contribution < -0.4 is 5.32 Å². The van der Waals surface area contributed by atoms with Crippen LogP contribution in [0, 0.1) is 0 Å². The fourth-order valence-corrected chi connectivity index (χ4v) is 1.29. The normalized spacial score (nSPS) is 13.1. The summed E-state index contributed by atoms with van der Waals surface area (Å²) in [5.41, 5.74) is 0. The van der Waals surface area contributed by atoms with E-state index in [1.807, 2.05) is 0 Å². The zero-order chi connectivity index (χ0) is 10.6. The molecule has 0 saturated carbocycles. The second-order valence-corrected chi connectivity index (χ2v) is 3.71. The second-order valence-electron chi connectivity index (χ2n) is 3.71. The van der Waals surface area contributed by atoms with Gasteiger partial charge in [0.25, 0.3) is 0 Å². The molecule has 0 fully saturated rings. The van der Waals surface area contributed by atoms with Crippen molar-refractivity contribution in [3.63, 3.8) is 0 Å². The van der Waals surface area contributed by atoms with E-state index in [-0.39, 0.29) is 6.61 Å². The van der Waals surface area contributed by atoms with Gasteiger partial charge in [0.15, 0.2) is 0 Å². The highest BCUT2D eigenvalue weighted by Gasteiger charge is 1.97. The van der Waals surface area contributed by atoms with Crippen molar-refractivity contribution in [3.05, 3.63) is 0 Å². The summed E-state index contributed by atoms with van der Waals surface area (Å²) in [5.74, 6) is 0. The Balaban J connectivity index is 2.98. The number of rotatable bonds is 10. The van der Waals surface area contributed by atoms with Crippen LogP contribution in [0.15, 0.2) is 0 Å². The molecule has 0 rings (SSSR count). The molecule has 1 atom stereocenters. The SMILES string of the molecule is CCCC(C)NCOCCCCC[O]. The van der Waals surface area contributed by atoms with Gasteiger partial charge in [0.1, 0.15) is 0 Å². The molecular formula is C11H24NO2. The van der Waals surface area contributed by atoms with Crippen LogP contribution in [0.3, 0.4) is 0 Å². The zero-order valence-electron chi connectivity index (χ0n) is 9.55. The number of ether oxygens (including phenoxy) is 1. The van der Waals surface area contributed by atoms with Crippen LogP contribution in [0.25, 0.3) is 0 Å². The third-order valence-corrected chi connectivity index (χ3v) is 2.19. The lowest BCUT2D eigenvalue weighted by atomic mass is 10.2. The Morgan fingerprint density at radius 2 is 2.07 bits per heavy atom. The van der Waals surface area contributed by atoms with Gasteiger partial charge in [-0.05, 0) is 32.6 Å². The van der Waals surface area contributed by atoms with Crippen LogP contribution >= 0.6 is 0 Å². The van der Waals surface area contributed by atoms with Gasteiger partial charge in [-0.15, -0.1) is 0 Å². The molecule has 0 aliphatic heterocycles. The first-order valence-electron chi connectivity index (χ1n) is 5.70. The molecule has 0 aromatic rings. The third-order valence-electron chi connectivity index (χ3n) is 2.19. The maximum atomic E-state index is 10.1.